The average molecular weight is 390 g/mol. The van der Waals surface area contributed by atoms with Gasteiger partial charge in [-0.3, -0.25) is 0 Å². The molecule has 0 radical (unpaired) electrons. The lowest BCUT2D eigenvalue weighted by Gasteiger charge is -2.61. The first-order chi connectivity index (χ1) is 13.2. The molecule has 0 bridgehead atoms. The molecule has 2 fully saturated rings. The van der Waals surface area contributed by atoms with E-state index in [9.17, 15) is 5.11 Å². The van der Waals surface area contributed by atoms with Crippen LogP contribution in [-0.4, -0.2) is 69.2 Å². The highest BCUT2D eigenvalue weighted by molar-refractivity contribution is 5.83. The number of anilines is 1. The van der Waals surface area contributed by atoms with Gasteiger partial charge in [-0.15, -0.1) is 0 Å². The predicted molar refractivity (Wildman–Crippen MR) is 106 cm³/mol. The number of aromatic nitrogens is 4. The Bertz CT molecular complexity index is 861. The highest BCUT2D eigenvalue weighted by Gasteiger charge is 2.59. The first-order valence-electron chi connectivity index (χ1n) is 9.95. The van der Waals surface area contributed by atoms with Crippen molar-refractivity contribution >= 4 is 17.0 Å². The summed E-state index contributed by atoms with van der Waals surface area (Å²) < 4.78 is 13.1. The van der Waals surface area contributed by atoms with Crippen LogP contribution in [0.5, 0.6) is 0 Å². The van der Waals surface area contributed by atoms with Gasteiger partial charge in [0.1, 0.15) is 6.33 Å². The van der Waals surface area contributed by atoms with Crippen LogP contribution in [-0.2, 0) is 16.0 Å². The standard InChI is InChI=1S/C20H31N5O3/c1-18(2)14(10-19(18,3)27-5)24(4)16-15-17(22-12-21-16)25(13-23-15)11-20(26)6-8-28-9-7-20/h12-14,26H,6-11H2,1-5H3. The maximum absolute atomic E-state index is 10.9. The average Bonchev–Trinajstić information content (AvgIpc) is 3.08. The van der Waals surface area contributed by atoms with Crippen molar-refractivity contribution in [2.24, 2.45) is 5.41 Å². The molecule has 2 aromatic heterocycles. The van der Waals surface area contributed by atoms with E-state index in [4.69, 9.17) is 9.47 Å². The maximum atomic E-state index is 10.9. The van der Waals surface area contributed by atoms with E-state index < -0.39 is 5.60 Å². The smallest absolute Gasteiger partial charge is 0.165 e. The minimum absolute atomic E-state index is 0.0202. The van der Waals surface area contributed by atoms with E-state index in [2.05, 4.69) is 47.7 Å². The van der Waals surface area contributed by atoms with E-state index in [-0.39, 0.29) is 11.0 Å². The Kier molecular flexibility index (Phi) is 4.63. The van der Waals surface area contributed by atoms with Gasteiger partial charge in [-0.05, 0) is 13.3 Å². The maximum Gasteiger partial charge on any atom is 0.165 e. The van der Waals surface area contributed by atoms with Crippen LogP contribution < -0.4 is 4.90 Å². The molecule has 28 heavy (non-hydrogen) atoms. The molecule has 2 unspecified atom stereocenters. The van der Waals surface area contributed by atoms with Crippen molar-refractivity contribution in [3.63, 3.8) is 0 Å². The number of hydrogen-bond donors (Lipinski definition) is 1. The van der Waals surface area contributed by atoms with Crippen molar-refractivity contribution in [2.75, 3.05) is 32.3 Å². The largest absolute Gasteiger partial charge is 0.388 e. The van der Waals surface area contributed by atoms with Crippen LogP contribution in [0, 0.1) is 5.41 Å². The van der Waals surface area contributed by atoms with Crippen LogP contribution in [0.2, 0.25) is 0 Å². The zero-order chi connectivity index (χ0) is 20.2. The molecule has 8 heteroatoms. The van der Waals surface area contributed by atoms with Crippen LogP contribution >= 0.6 is 0 Å². The van der Waals surface area contributed by atoms with Crippen molar-refractivity contribution < 1.29 is 14.6 Å². The molecule has 1 aliphatic heterocycles. The topological polar surface area (TPSA) is 85.5 Å². The van der Waals surface area contributed by atoms with Crippen LogP contribution in [0.3, 0.4) is 0 Å². The number of rotatable bonds is 5. The van der Waals surface area contributed by atoms with Crippen molar-refractivity contribution in [3.8, 4) is 0 Å². The number of methoxy groups -OCH3 is 1. The molecule has 3 heterocycles. The van der Waals surface area contributed by atoms with Crippen molar-refractivity contribution in [1.82, 2.24) is 19.5 Å². The van der Waals surface area contributed by atoms with Crippen LogP contribution in [0.1, 0.15) is 40.0 Å². The van der Waals surface area contributed by atoms with Crippen molar-refractivity contribution in [2.45, 2.75) is 63.8 Å². The lowest BCUT2D eigenvalue weighted by atomic mass is 9.55. The predicted octanol–water partition coefficient (Wildman–Crippen LogP) is 2.01. The molecular formula is C20H31N5O3. The molecule has 2 aliphatic rings. The molecule has 1 N–H and O–H groups in total. The minimum Gasteiger partial charge on any atom is -0.388 e. The fourth-order valence-corrected chi connectivity index (χ4v) is 4.69. The first-order valence-corrected chi connectivity index (χ1v) is 9.95. The fourth-order valence-electron chi connectivity index (χ4n) is 4.69. The fraction of sp³-hybridized carbons (Fsp3) is 0.750. The summed E-state index contributed by atoms with van der Waals surface area (Å²) in [6.07, 6.45) is 5.52. The summed E-state index contributed by atoms with van der Waals surface area (Å²) in [5, 5.41) is 10.9. The zero-order valence-corrected chi connectivity index (χ0v) is 17.5. The normalized spacial score (nSPS) is 28.9. The summed E-state index contributed by atoms with van der Waals surface area (Å²) in [6, 6.07) is 0.292. The van der Waals surface area contributed by atoms with E-state index in [0.717, 1.165) is 23.4 Å². The molecule has 8 nitrogen and oxygen atoms in total. The molecule has 4 rings (SSSR count). The van der Waals surface area contributed by atoms with Gasteiger partial charge < -0.3 is 24.0 Å². The third-order valence-corrected chi connectivity index (χ3v) is 7.30. The van der Waals surface area contributed by atoms with Crippen LogP contribution in [0.25, 0.3) is 11.2 Å². The molecule has 1 saturated heterocycles. The van der Waals surface area contributed by atoms with Gasteiger partial charge in [0.15, 0.2) is 17.0 Å². The third kappa shape index (κ3) is 2.89. The zero-order valence-electron chi connectivity index (χ0n) is 17.5. The van der Waals surface area contributed by atoms with Gasteiger partial charge in [0.25, 0.3) is 0 Å². The number of nitrogens with zero attached hydrogens (tertiary/aromatic N) is 5. The molecular weight excluding hydrogens is 358 g/mol. The molecule has 0 aromatic carbocycles. The second kappa shape index (κ2) is 6.64. The van der Waals surface area contributed by atoms with Crippen LogP contribution in [0.15, 0.2) is 12.7 Å². The number of fused-ring (bicyclic) bond motifs is 1. The second-order valence-electron chi connectivity index (χ2n) is 9.07. The summed E-state index contributed by atoms with van der Waals surface area (Å²) >= 11 is 0. The summed E-state index contributed by atoms with van der Waals surface area (Å²) in [4.78, 5) is 15.8. The minimum atomic E-state index is -0.779. The Morgan fingerprint density at radius 1 is 1.25 bits per heavy atom. The number of aliphatic hydroxyl groups is 1. The highest BCUT2D eigenvalue weighted by atomic mass is 16.5. The molecule has 0 spiro atoms. The number of hydrogen-bond acceptors (Lipinski definition) is 7. The van der Waals surface area contributed by atoms with Gasteiger partial charge in [0.05, 0.1) is 24.1 Å². The monoisotopic (exact) mass is 389 g/mol. The van der Waals surface area contributed by atoms with Crippen molar-refractivity contribution in [1.29, 1.82) is 0 Å². The Balaban J connectivity index is 1.62. The van der Waals surface area contributed by atoms with Crippen molar-refractivity contribution in [3.05, 3.63) is 12.7 Å². The molecule has 154 valence electrons. The van der Waals surface area contributed by atoms with E-state index in [1.54, 1.807) is 19.8 Å². The lowest BCUT2D eigenvalue weighted by Crippen LogP contribution is -2.68. The summed E-state index contributed by atoms with van der Waals surface area (Å²) in [7, 11) is 3.85. The van der Waals surface area contributed by atoms with E-state index in [1.807, 2.05) is 4.57 Å². The Morgan fingerprint density at radius 2 is 1.96 bits per heavy atom. The molecule has 1 saturated carbocycles. The third-order valence-electron chi connectivity index (χ3n) is 7.30. The lowest BCUT2D eigenvalue weighted by molar-refractivity contribution is -0.172. The Hall–Kier alpha value is -1.77. The first kappa shape index (κ1) is 19.5. The number of imidazole rings is 1. The molecule has 2 atom stereocenters. The van der Waals surface area contributed by atoms with Gasteiger partial charge in [0.2, 0.25) is 0 Å². The molecule has 0 amide bonds. The Morgan fingerprint density at radius 3 is 2.61 bits per heavy atom. The van der Waals surface area contributed by atoms with Gasteiger partial charge in [-0.1, -0.05) is 13.8 Å². The summed E-state index contributed by atoms with van der Waals surface area (Å²) in [6.45, 7) is 8.26. The summed E-state index contributed by atoms with van der Waals surface area (Å²) in [5.74, 6) is 0.818. The van der Waals surface area contributed by atoms with Crippen LogP contribution in [0.4, 0.5) is 5.82 Å². The molecule has 2 aromatic rings. The van der Waals surface area contributed by atoms with E-state index in [0.29, 0.717) is 38.6 Å². The summed E-state index contributed by atoms with van der Waals surface area (Å²) in [5.41, 5.74) is 0.571. The number of ether oxygens (including phenoxy) is 2. The SMILES string of the molecule is COC1(C)CC(N(C)c2ncnc3c2ncn3CC2(O)CCOCC2)C1(C)C. The van der Waals surface area contributed by atoms with Gasteiger partial charge >= 0.3 is 0 Å². The van der Waals surface area contributed by atoms with E-state index in [1.165, 1.54) is 0 Å². The quantitative estimate of drug-likeness (QED) is 0.837. The molecule has 1 aliphatic carbocycles. The van der Waals surface area contributed by atoms with Gasteiger partial charge in [-0.25, -0.2) is 15.0 Å². The van der Waals surface area contributed by atoms with Gasteiger partial charge in [-0.2, -0.15) is 0 Å². The second-order valence-corrected chi connectivity index (χ2v) is 9.07. The van der Waals surface area contributed by atoms with Gasteiger partial charge in [0, 0.05) is 51.7 Å². The highest BCUT2D eigenvalue weighted by Crippen LogP contribution is 2.54. The Labute approximate surface area is 165 Å². The van der Waals surface area contributed by atoms with E-state index >= 15 is 0 Å².